The van der Waals surface area contributed by atoms with Gasteiger partial charge in [0.2, 0.25) is 0 Å². The van der Waals surface area contributed by atoms with Crippen LogP contribution in [0.1, 0.15) is 11.1 Å². The molecule has 0 unspecified atom stereocenters. The van der Waals surface area contributed by atoms with Crippen LogP contribution in [0, 0.1) is 0 Å². The number of H-pyrrole nitrogens is 1. The molecule has 1 heterocycles. The molecule has 6 heteroatoms. The van der Waals surface area contributed by atoms with Crippen molar-refractivity contribution in [1.82, 2.24) is 9.97 Å². The maximum Gasteiger partial charge on any atom is 0.416 e. The quantitative estimate of drug-likeness (QED) is 0.699. The maximum absolute atomic E-state index is 12.6. The largest absolute Gasteiger partial charge is 0.416 e. The van der Waals surface area contributed by atoms with Crippen molar-refractivity contribution in [2.24, 2.45) is 0 Å². The highest BCUT2D eigenvalue weighted by Crippen LogP contribution is 2.31. The summed E-state index contributed by atoms with van der Waals surface area (Å²) in [5.41, 5.74) is 1.77. The van der Waals surface area contributed by atoms with Gasteiger partial charge in [0.25, 0.3) is 0 Å². The minimum Gasteiger partial charge on any atom is -0.333 e. The number of thioether (sulfide) groups is 1. The fraction of sp³-hybridized carbons (Fsp3) is 0.133. The Morgan fingerprint density at radius 3 is 2.62 bits per heavy atom. The van der Waals surface area contributed by atoms with Crippen molar-refractivity contribution < 1.29 is 13.2 Å². The van der Waals surface area contributed by atoms with Gasteiger partial charge >= 0.3 is 6.18 Å². The zero-order valence-electron chi connectivity index (χ0n) is 10.8. The third-order valence-corrected chi connectivity index (χ3v) is 3.94. The number of nitrogens with one attached hydrogen (secondary N) is 1. The lowest BCUT2D eigenvalue weighted by Gasteiger charge is -2.07. The van der Waals surface area contributed by atoms with E-state index in [4.69, 9.17) is 0 Å². The standard InChI is InChI=1S/C15H11F3N2S/c16-15(17,18)11-5-3-4-10(8-11)9-21-14-19-12-6-1-2-7-13(12)20-14/h1-8H,9H2,(H,19,20). The number of fused-ring (bicyclic) bond motifs is 1. The molecule has 0 aliphatic carbocycles. The Bertz CT molecular complexity index is 732. The normalized spacial score (nSPS) is 12.0. The Morgan fingerprint density at radius 1 is 1.05 bits per heavy atom. The molecule has 3 rings (SSSR count). The van der Waals surface area contributed by atoms with Crippen LogP contribution in [0.5, 0.6) is 0 Å². The number of halogens is 3. The van der Waals surface area contributed by atoms with Crippen LogP contribution in [0.3, 0.4) is 0 Å². The zero-order valence-corrected chi connectivity index (χ0v) is 11.6. The van der Waals surface area contributed by atoms with E-state index in [0.717, 1.165) is 17.1 Å². The third kappa shape index (κ3) is 3.21. The van der Waals surface area contributed by atoms with Gasteiger partial charge in [-0.25, -0.2) is 4.98 Å². The number of hydrogen-bond acceptors (Lipinski definition) is 2. The van der Waals surface area contributed by atoms with Crippen molar-refractivity contribution in [3.63, 3.8) is 0 Å². The molecule has 0 fully saturated rings. The molecule has 0 atom stereocenters. The van der Waals surface area contributed by atoms with Crippen LogP contribution in [0.4, 0.5) is 13.2 Å². The summed E-state index contributed by atoms with van der Waals surface area (Å²) in [6.07, 6.45) is -4.31. The van der Waals surface area contributed by atoms with E-state index in [0.29, 0.717) is 16.5 Å². The number of nitrogens with zero attached hydrogens (tertiary/aromatic N) is 1. The number of imidazole rings is 1. The van der Waals surface area contributed by atoms with E-state index in [1.165, 1.54) is 23.9 Å². The van der Waals surface area contributed by atoms with Gasteiger partial charge < -0.3 is 4.98 Å². The highest BCUT2D eigenvalue weighted by Gasteiger charge is 2.30. The third-order valence-electron chi connectivity index (χ3n) is 3.00. The maximum atomic E-state index is 12.6. The second-order valence-electron chi connectivity index (χ2n) is 4.55. The molecule has 0 bridgehead atoms. The number of aromatic amines is 1. The summed E-state index contributed by atoms with van der Waals surface area (Å²) in [7, 11) is 0. The van der Waals surface area contributed by atoms with E-state index in [-0.39, 0.29) is 0 Å². The van der Waals surface area contributed by atoms with Crippen molar-refractivity contribution in [3.05, 3.63) is 59.7 Å². The minimum absolute atomic E-state index is 0.434. The number of aromatic nitrogens is 2. The van der Waals surface area contributed by atoms with E-state index < -0.39 is 11.7 Å². The van der Waals surface area contributed by atoms with Crippen LogP contribution in [-0.2, 0) is 11.9 Å². The first kappa shape index (κ1) is 14.0. The van der Waals surface area contributed by atoms with Gasteiger partial charge in [-0.1, -0.05) is 42.1 Å². The lowest BCUT2D eigenvalue weighted by molar-refractivity contribution is -0.137. The molecule has 0 saturated carbocycles. The van der Waals surface area contributed by atoms with E-state index >= 15 is 0 Å². The van der Waals surface area contributed by atoms with E-state index in [1.807, 2.05) is 24.3 Å². The van der Waals surface area contributed by atoms with Crippen molar-refractivity contribution in [1.29, 1.82) is 0 Å². The second-order valence-corrected chi connectivity index (χ2v) is 5.51. The molecule has 1 aromatic heterocycles. The second kappa shape index (κ2) is 5.44. The summed E-state index contributed by atoms with van der Waals surface area (Å²) in [6.45, 7) is 0. The first-order chi connectivity index (χ1) is 10.0. The van der Waals surface area contributed by atoms with Crippen molar-refractivity contribution >= 4 is 22.8 Å². The Hall–Kier alpha value is -1.95. The van der Waals surface area contributed by atoms with Gasteiger partial charge in [0, 0.05) is 5.75 Å². The SMILES string of the molecule is FC(F)(F)c1cccc(CSc2nc3ccccc3[nH]2)c1. The summed E-state index contributed by atoms with van der Waals surface area (Å²) in [5.74, 6) is 0.434. The van der Waals surface area contributed by atoms with Crippen molar-refractivity contribution in [3.8, 4) is 0 Å². The molecule has 0 aliphatic heterocycles. The van der Waals surface area contributed by atoms with Gasteiger partial charge in [-0.15, -0.1) is 0 Å². The van der Waals surface area contributed by atoms with Crippen molar-refractivity contribution in [2.45, 2.75) is 17.1 Å². The van der Waals surface area contributed by atoms with Gasteiger partial charge in [0.05, 0.1) is 16.6 Å². The molecule has 0 amide bonds. The summed E-state index contributed by atoms with van der Waals surface area (Å²) in [5, 5.41) is 0.702. The molecule has 0 spiro atoms. The Kier molecular flexibility index (Phi) is 3.63. The number of alkyl halides is 3. The van der Waals surface area contributed by atoms with Crippen LogP contribution in [0.2, 0.25) is 0 Å². The monoisotopic (exact) mass is 308 g/mol. The van der Waals surface area contributed by atoms with Gasteiger partial charge in [0.1, 0.15) is 0 Å². The summed E-state index contributed by atoms with van der Waals surface area (Å²) < 4.78 is 37.9. The molecule has 0 radical (unpaired) electrons. The Morgan fingerprint density at radius 2 is 1.86 bits per heavy atom. The van der Waals surface area contributed by atoms with Crippen LogP contribution >= 0.6 is 11.8 Å². The predicted molar refractivity (Wildman–Crippen MR) is 77.1 cm³/mol. The van der Waals surface area contributed by atoms with Crippen LogP contribution in [0.15, 0.2) is 53.7 Å². The minimum atomic E-state index is -4.31. The van der Waals surface area contributed by atoms with Gasteiger partial charge in [-0.3, -0.25) is 0 Å². The molecule has 1 N–H and O–H groups in total. The highest BCUT2D eigenvalue weighted by molar-refractivity contribution is 7.98. The van der Waals surface area contributed by atoms with E-state index in [2.05, 4.69) is 9.97 Å². The lowest BCUT2D eigenvalue weighted by atomic mass is 10.1. The molecule has 2 nitrogen and oxygen atoms in total. The van der Waals surface area contributed by atoms with Crippen LogP contribution in [0.25, 0.3) is 11.0 Å². The topological polar surface area (TPSA) is 28.7 Å². The molecule has 2 aromatic carbocycles. The first-order valence-electron chi connectivity index (χ1n) is 6.26. The fourth-order valence-electron chi connectivity index (χ4n) is 1.99. The number of para-hydroxylation sites is 2. The lowest BCUT2D eigenvalue weighted by Crippen LogP contribution is -2.04. The van der Waals surface area contributed by atoms with Gasteiger partial charge in [-0.05, 0) is 23.8 Å². The molecular weight excluding hydrogens is 297 g/mol. The summed E-state index contributed by atoms with van der Waals surface area (Å²) >= 11 is 1.38. The summed E-state index contributed by atoms with van der Waals surface area (Å²) in [6, 6.07) is 13.0. The molecular formula is C15H11F3N2S. The van der Waals surface area contributed by atoms with Gasteiger partial charge in [-0.2, -0.15) is 13.2 Å². The number of benzene rings is 2. The van der Waals surface area contributed by atoms with Crippen LogP contribution < -0.4 is 0 Å². The average molecular weight is 308 g/mol. The summed E-state index contributed by atoms with van der Waals surface area (Å²) in [4.78, 5) is 7.52. The zero-order chi connectivity index (χ0) is 14.9. The number of rotatable bonds is 3. The molecule has 3 aromatic rings. The first-order valence-corrected chi connectivity index (χ1v) is 7.24. The predicted octanol–water partition coefficient (Wildman–Crippen LogP) is 4.87. The highest BCUT2D eigenvalue weighted by atomic mass is 32.2. The average Bonchev–Trinajstić information content (AvgIpc) is 2.87. The smallest absolute Gasteiger partial charge is 0.333 e. The molecule has 108 valence electrons. The fourth-order valence-corrected chi connectivity index (χ4v) is 2.81. The molecule has 21 heavy (non-hydrogen) atoms. The Labute approximate surface area is 123 Å². The van der Waals surface area contributed by atoms with Crippen LogP contribution in [-0.4, -0.2) is 9.97 Å². The van der Waals surface area contributed by atoms with E-state index in [9.17, 15) is 13.2 Å². The van der Waals surface area contributed by atoms with E-state index in [1.54, 1.807) is 6.07 Å². The van der Waals surface area contributed by atoms with Gasteiger partial charge in [0.15, 0.2) is 5.16 Å². The Balaban J connectivity index is 1.75. The van der Waals surface area contributed by atoms with Crippen molar-refractivity contribution in [2.75, 3.05) is 0 Å². The molecule has 0 saturated heterocycles. The molecule has 0 aliphatic rings. The number of hydrogen-bond donors (Lipinski definition) is 1.